The fourth-order valence-corrected chi connectivity index (χ4v) is 2.04. The highest BCUT2D eigenvalue weighted by molar-refractivity contribution is 5.81. The van der Waals surface area contributed by atoms with E-state index in [1.165, 1.54) is 13.0 Å². The summed E-state index contributed by atoms with van der Waals surface area (Å²) >= 11 is 0. The smallest absolute Gasteiger partial charge is 0.336 e. The molecule has 0 atom stereocenters. The topological polar surface area (TPSA) is 106 Å². The molecule has 0 saturated carbocycles. The Hall–Kier alpha value is -2.38. The number of fused-ring (bicyclic) bond motifs is 1. The van der Waals surface area contributed by atoms with E-state index in [4.69, 9.17) is 24.1 Å². The summed E-state index contributed by atoms with van der Waals surface area (Å²) in [6.07, 6.45) is 0. The van der Waals surface area contributed by atoms with Crippen LogP contribution in [0.1, 0.15) is 12.5 Å². The first kappa shape index (κ1) is 18.0. The van der Waals surface area contributed by atoms with Crippen LogP contribution in [0, 0.1) is 12.3 Å². The fourth-order valence-electron chi connectivity index (χ4n) is 2.04. The molecule has 1 aromatic heterocycles. The van der Waals surface area contributed by atoms with Crippen LogP contribution < -0.4 is 10.4 Å². The molecule has 1 heterocycles. The second-order valence-corrected chi connectivity index (χ2v) is 5.77. The summed E-state index contributed by atoms with van der Waals surface area (Å²) in [6.45, 7) is 2.26. The minimum Gasteiger partial charge on any atom is -0.490 e. The number of hydrogen-bond donors (Lipinski definition) is 2. The Bertz CT molecular complexity index is 774. The van der Waals surface area contributed by atoms with Crippen molar-refractivity contribution in [1.82, 2.24) is 0 Å². The zero-order valence-corrected chi connectivity index (χ0v) is 13.6. The third-order valence-corrected chi connectivity index (χ3v) is 3.70. The summed E-state index contributed by atoms with van der Waals surface area (Å²) in [5.41, 5.74) is -0.529. The van der Waals surface area contributed by atoms with Crippen molar-refractivity contribution < 1.29 is 28.9 Å². The van der Waals surface area contributed by atoms with Crippen molar-refractivity contribution in [2.75, 3.05) is 26.4 Å². The van der Waals surface area contributed by atoms with E-state index in [1.54, 1.807) is 18.2 Å². The van der Waals surface area contributed by atoms with Gasteiger partial charge in [0.2, 0.25) is 0 Å². The highest BCUT2D eigenvalue weighted by atomic mass is 16.6. The first-order valence-electron chi connectivity index (χ1n) is 7.46. The molecule has 2 aromatic rings. The van der Waals surface area contributed by atoms with Gasteiger partial charge in [-0.2, -0.15) is 0 Å². The zero-order chi connectivity index (χ0) is 17.7. The number of benzene rings is 1. The lowest BCUT2D eigenvalue weighted by atomic mass is 9.93. The number of ether oxygens (including phenoxy) is 2. The minimum atomic E-state index is -1.33. The molecule has 0 saturated heterocycles. The van der Waals surface area contributed by atoms with Gasteiger partial charge in [-0.25, -0.2) is 4.79 Å². The van der Waals surface area contributed by atoms with E-state index in [2.05, 4.69) is 0 Å². The molecule has 0 unspecified atom stereocenters. The van der Waals surface area contributed by atoms with Crippen LogP contribution in [0.4, 0.5) is 0 Å². The molecule has 0 aliphatic rings. The molecule has 0 aliphatic carbocycles. The molecule has 0 fully saturated rings. The van der Waals surface area contributed by atoms with Gasteiger partial charge in [-0.05, 0) is 31.5 Å². The molecule has 1 aromatic carbocycles. The Balaban J connectivity index is 1.95. The van der Waals surface area contributed by atoms with Crippen LogP contribution in [0.15, 0.2) is 33.5 Å². The number of carbonyl (C=O) groups excluding carboxylic acids is 1. The lowest BCUT2D eigenvalue weighted by molar-refractivity contribution is -0.160. The highest BCUT2D eigenvalue weighted by Gasteiger charge is 2.33. The minimum absolute atomic E-state index is 0.0375. The van der Waals surface area contributed by atoms with Crippen molar-refractivity contribution >= 4 is 16.9 Å². The van der Waals surface area contributed by atoms with E-state index in [0.717, 1.165) is 10.9 Å². The number of hydrogen-bond acceptors (Lipinski definition) is 7. The Morgan fingerprint density at radius 2 is 1.92 bits per heavy atom. The molecule has 0 amide bonds. The van der Waals surface area contributed by atoms with Crippen LogP contribution in [-0.4, -0.2) is 42.6 Å². The second-order valence-electron chi connectivity index (χ2n) is 5.77. The molecule has 0 aliphatic heterocycles. The molecule has 0 spiro atoms. The molecule has 130 valence electrons. The van der Waals surface area contributed by atoms with Crippen molar-refractivity contribution in [3.63, 3.8) is 0 Å². The summed E-state index contributed by atoms with van der Waals surface area (Å²) in [5, 5.41) is 19.0. The van der Waals surface area contributed by atoms with Gasteiger partial charge in [-0.15, -0.1) is 0 Å². The first-order valence-corrected chi connectivity index (χ1v) is 7.46. The molecular formula is C17H20O7. The van der Waals surface area contributed by atoms with Gasteiger partial charge in [0.15, 0.2) is 0 Å². The molecule has 2 rings (SSSR count). The van der Waals surface area contributed by atoms with Crippen LogP contribution in [0.2, 0.25) is 0 Å². The van der Waals surface area contributed by atoms with Crippen molar-refractivity contribution in [1.29, 1.82) is 0 Å². The van der Waals surface area contributed by atoms with Crippen molar-refractivity contribution in [3.8, 4) is 5.75 Å². The van der Waals surface area contributed by atoms with Crippen LogP contribution >= 0.6 is 0 Å². The molecule has 24 heavy (non-hydrogen) atoms. The van der Waals surface area contributed by atoms with Gasteiger partial charge in [-0.1, -0.05) is 0 Å². The number of rotatable bonds is 7. The Labute approximate surface area is 138 Å². The van der Waals surface area contributed by atoms with Crippen molar-refractivity contribution in [3.05, 3.63) is 40.2 Å². The summed E-state index contributed by atoms with van der Waals surface area (Å²) in [6, 6.07) is 6.52. The van der Waals surface area contributed by atoms with Gasteiger partial charge in [0.25, 0.3) is 0 Å². The van der Waals surface area contributed by atoms with Gasteiger partial charge in [0.05, 0.1) is 13.2 Å². The van der Waals surface area contributed by atoms with Crippen LogP contribution in [-0.2, 0) is 9.53 Å². The van der Waals surface area contributed by atoms with Gasteiger partial charge >= 0.3 is 11.6 Å². The number of carbonyl (C=O) groups is 1. The molecule has 7 heteroatoms. The lowest BCUT2D eigenvalue weighted by Gasteiger charge is -2.22. The van der Waals surface area contributed by atoms with Crippen LogP contribution in [0.25, 0.3) is 11.0 Å². The average Bonchev–Trinajstić information content (AvgIpc) is 2.57. The van der Waals surface area contributed by atoms with Crippen molar-refractivity contribution in [2.24, 2.45) is 5.41 Å². The van der Waals surface area contributed by atoms with E-state index >= 15 is 0 Å². The molecular weight excluding hydrogens is 316 g/mol. The average molecular weight is 336 g/mol. The largest absolute Gasteiger partial charge is 0.490 e. The maximum atomic E-state index is 11.7. The number of esters is 1. The van der Waals surface area contributed by atoms with E-state index < -0.39 is 30.2 Å². The third kappa shape index (κ3) is 3.93. The van der Waals surface area contributed by atoms with Crippen LogP contribution in [0.5, 0.6) is 5.75 Å². The fraction of sp³-hybridized carbons (Fsp3) is 0.412. The SMILES string of the molecule is Cc1cc(=O)oc2cc(OCCOC(=O)C(C)(CO)CO)ccc12. The molecule has 0 radical (unpaired) electrons. The number of aliphatic hydroxyl groups is 2. The molecule has 0 bridgehead atoms. The predicted molar refractivity (Wildman–Crippen MR) is 86.0 cm³/mol. The monoisotopic (exact) mass is 336 g/mol. The van der Waals surface area contributed by atoms with Gasteiger partial charge in [0, 0.05) is 17.5 Å². The predicted octanol–water partition coefficient (Wildman–Crippen LogP) is 1.01. The Morgan fingerprint density at radius 1 is 1.21 bits per heavy atom. The summed E-state index contributed by atoms with van der Waals surface area (Å²) in [5.74, 6) is -0.226. The maximum absolute atomic E-state index is 11.7. The molecule has 2 N–H and O–H groups in total. The van der Waals surface area contributed by atoms with E-state index in [1.807, 2.05) is 6.92 Å². The summed E-state index contributed by atoms with van der Waals surface area (Å²) in [7, 11) is 0. The second kappa shape index (κ2) is 7.46. The zero-order valence-electron chi connectivity index (χ0n) is 13.6. The lowest BCUT2D eigenvalue weighted by Crippen LogP contribution is -2.37. The van der Waals surface area contributed by atoms with Gasteiger partial charge in [-0.3, -0.25) is 4.79 Å². The molecule has 7 nitrogen and oxygen atoms in total. The maximum Gasteiger partial charge on any atom is 0.336 e. The summed E-state index contributed by atoms with van der Waals surface area (Å²) in [4.78, 5) is 23.1. The summed E-state index contributed by atoms with van der Waals surface area (Å²) < 4.78 is 15.6. The van der Waals surface area contributed by atoms with Gasteiger partial charge < -0.3 is 24.1 Å². The normalized spacial score (nSPS) is 11.5. The van der Waals surface area contributed by atoms with Crippen LogP contribution in [0.3, 0.4) is 0 Å². The number of aryl methyl sites for hydroxylation is 1. The highest BCUT2D eigenvalue weighted by Crippen LogP contribution is 2.22. The Morgan fingerprint density at radius 3 is 2.58 bits per heavy atom. The van der Waals surface area contributed by atoms with E-state index in [0.29, 0.717) is 11.3 Å². The standard InChI is InChI=1S/C17H20O7/c1-11-7-15(20)24-14-8-12(3-4-13(11)14)22-5-6-23-16(21)17(2,9-18)10-19/h3-4,7-8,18-19H,5-6,9-10H2,1-2H3. The third-order valence-electron chi connectivity index (χ3n) is 3.70. The number of aliphatic hydroxyl groups excluding tert-OH is 2. The first-order chi connectivity index (χ1) is 11.4. The van der Waals surface area contributed by atoms with Crippen molar-refractivity contribution in [2.45, 2.75) is 13.8 Å². The quantitative estimate of drug-likeness (QED) is 0.441. The van der Waals surface area contributed by atoms with E-state index in [9.17, 15) is 9.59 Å². The van der Waals surface area contributed by atoms with E-state index in [-0.39, 0.29) is 13.2 Å². The Kier molecular flexibility index (Phi) is 5.58. The van der Waals surface area contributed by atoms with Gasteiger partial charge in [0.1, 0.15) is 30.0 Å².